The molecule has 2 N–H and O–H groups in total. The average molecular weight is 377 g/mol. The molecule has 7 nitrogen and oxygen atoms in total. The number of aromatic nitrogens is 1. The molecule has 0 fully saturated rings. The SMILES string of the molecule is COC(=O)c1ccc(Cl)c(NC(=O)c2ccc(NCCN(C)C)cn2)c1. The van der Waals surface area contributed by atoms with Gasteiger partial charge >= 0.3 is 5.97 Å². The fourth-order valence-electron chi connectivity index (χ4n) is 2.11. The van der Waals surface area contributed by atoms with Crippen LogP contribution in [0.5, 0.6) is 0 Å². The van der Waals surface area contributed by atoms with Gasteiger partial charge in [-0.15, -0.1) is 0 Å². The van der Waals surface area contributed by atoms with E-state index in [2.05, 4.69) is 25.3 Å². The lowest BCUT2D eigenvalue weighted by Gasteiger charge is -2.11. The zero-order chi connectivity index (χ0) is 19.1. The number of ether oxygens (including phenoxy) is 1. The summed E-state index contributed by atoms with van der Waals surface area (Å²) in [4.78, 5) is 30.2. The van der Waals surface area contributed by atoms with Crippen molar-refractivity contribution in [2.45, 2.75) is 0 Å². The maximum absolute atomic E-state index is 12.4. The summed E-state index contributed by atoms with van der Waals surface area (Å²) < 4.78 is 4.66. The fraction of sp³-hybridized carbons (Fsp3) is 0.278. The summed E-state index contributed by atoms with van der Waals surface area (Å²) in [7, 11) is 5.27. The molecule has 0 saturated carbocycles. The van der Waals surface area contributed by atoms with Crippen LogP contribution in [-0.2, 0) is 4.74 Å². The Bertz CT molecular complexity index is 779. The number of carbonyl (C=O) groups is 2. The first-order valence-electron chi connectivity index (χ1n) is 7.94. The topological polar surface area (TPSA) is 83.6 Å². The maximum atomic E-state index is 12.4. The number of esters is 1. The number of likely N-dealkylation sites (N-methyl/N-ethyl adjacent to an activating group) is 1. The molecular formula is C18H21ClN4O3. The molecule has 0 radical (unpaired) electrons. The first-order valence-corrected chi connectivity index (χ1v) is 8.32. The van der Waals surface area contributed by atoms with E-state index in [1.165, 1.54) is 25.3 Å². The van der Waals surface area contributed by atoms with Crippen molar-refractivity contribution in [3.8, 4) is 0 Å². The van der Waals surface area contributed by atoms with E-state index < -0.39 is 11.9 Å². The van der Waals surface area contributed by atoms with E-state index in [0.717, 1.165) is 18.8 Å². The van der Waals surface area contributed by atoms with Gasteiger partial charge in [-0.2, -0.15) is 0 Å². The summed E-state index contributed by atoms with van der Waals surface area (Å²) in [6.45, 7) is 1.66. The van der Waals surface area contributed by atoms with Gasteiger partial charge in [0.05, 0.1) is 35.3 Å². The number of rotatable bonds is 7. The number of anilines is 2. The minimum atomic E-state index is -0.511. The number of carbonyl (C=O) groups excluding carboxylic acids is 2. The van der Waals surface area contributed by atoms with Gasteiger partial charge in [-0.25, -0.2) is 9.78 Å². The van der Waals surface area contributed by atoms with E-state index in [-0.39, 0.29) is 5.69 Å². The van der Waals surface area contributed by atoms with Crippen LogP contribution in [0.25, 0.3) is 0 Å². The molecule has 0 spiro atoms. The number of halogens is 1. The highest BCUT2D eigenvalue weighted by molar-refractivity contribution is 6.34. The number of nitrogens with zero attached hydrogens (tertiary/aromatic N) is 2. The average Bonchev–Trinajstić information content (AvgIpc) is 2.63. The van der Waals surface area contributed by atoms with Crippen LogP contribution in [0.15, 0.2) is 36.5 Å². The third-order valence-corrected chi connectivity index (χ3v) is 3.85. The van der Waals surface area contributed by atoms with Crippen LogP contribution in [0.1, 0.15) is 20.8 Å². The molecule has 1 aromatic carbocycles. The van der Waals surface area contributed by atoms with Gasteiger partial charge in [0, 0.05) is 13.1 Å². The molecule has 0 saturated heterocycles. The molecule has 0 aliphatic carbocycles. The molecule has 8 heteroatoms. The monoisotopic (exact) mass is 376 g/mol. The molecule has 0 atom stereocenters. The van der Waals surface area contributed by atoms with Gasteiger partial charge < -0.3 is 20.3 Å². The first kappa shape index (κ1) is 19.7. The Kier molecular flexibility index (Phi) is 6.94. The van der Waals surface area contributed by atoms with E-state index >= 15 is 0 Å². The van der Waals surface area contributed by atoms with Crippen molar-refractivity contribution in [2.75, 3.05) is 44.9 Å². The van der Waals surface area contributed by atoms with Gasteiger partial charge in [-0.3, -0.25) is 4.79 Å². The molecule has 0 bridgehead atoms. The summed E-state index contributed by atoms with van der Waals surface area (Å²) in [5.74, 6) is -0.933. The van der Waals surface area contributed by atoms with E-state index in [1.54, 1.807) is 18.3 Å². The van der Waals surface area contributed by atoms with Crippen molar-refractivity contribution in [1.29, 1.82) is 0 Å². The molecule has 138 valence electrons. The highest BCUT2D eigenvalue weighted by Gasteiger charge is 2.13. The normalized spacial score (nSPS) is 10.5. The Balaban J connectivity index is 2.04. The van der Waals surface area contributed by atoms with E-state index in [9.17, 15) is 9.59 Å². The number of nitrogens with one attached hydrogen (secondary N) is 2. The highest BCUT2D eigenvalue weighted by Crippen LogP contribution is 2.24. The Morgan fingerprint density at radius 3 is 2.62 bits per heavy atom. The molecule has 2 rings (SSSR count). The molecule has 1 aromatic heterocycles. The van der Waals surface area contributed by atoms with Gasteiger partial charge in [-0.05, 0) is 44.4 Å². The molecule has 2 aromatic rings. The van der Waals surface area contributed by atoms with Crippen LogP contribution in [0, 0.1) is 0 Å². The molecule has 1 amide bonds. The summed E-state index contributed by atoms with van der Waals surface area (Å²) >= 11 is 6.08. The predicted molar refractivity (Wildman–Crippen MR) is 102 cm³/mol. The zero-order valence-electron chi connectivity index (χ0n) is 14.9. The van der Waals surface area contributed by atoms with Crippen LogP contribution in [0.2, 0.25) is 5.02 Å². The largest absolute Gasteiger partial charge is 0.465 e. The number of hydrogen-bond acceptors (Lipinski definition) is 6. The van der Waals surface area contributed by atoms with Gasteiger partial charge in [0.2, 0.25) is 0 Å². The highest BCUT2D eigenvalue weighted by atomic mass is 35.5. The summed E-state index contributed by atoms with van der Waals surface area (Å²) in [5, 5.41) is 6.19. The molecule has 26 heavy (non-hydrogen) atoms. The standard InChI is InChI=1S/C18H21ClN4O3/c1-23(2)9-8-20-13-5-7-15(21-11-13)17(24)22-16-10-12(18(25)26-3)4-6-14(16)19/h4-7,10-11,20H,8-9H2,1-3H3,(H,22,24). The van der Waals surface area contributed by atoms with Crippen LogP contribution in [0.4, 0.5) is 11.4 Å². The van der Waals surface area contributed by atoms with Crippen molar-refractivity contribution in [2.24, 2.45) is 0 Å². The maximum Gasteiger partial charge on any atom is 0.337 e. The van der Waals surface area contributed by atoms with Crippen molar-refractivity contribution in [1.82, 2.24) is 9.88 Å². The quantitative estimate of drug-likeness (QED) is 0.723. The minimum Gasteiger partial charge on any atom is -0.465 e. The summed E-state index contributed by atoms with van der Waals surface area (Å²) in [6, 6.07) is 7.91. The second kappa shape index (κ2) is 9.17. The number of methoxy groups -OCH3 is 1. The lowest BCUT2D eigenvalue weighted by atomic mass is 10.2. The van der Waals surface area contributed by atoms with E-state index in [4.69, 9.17) is 11.6 Å². The van der Waals surface area contributed by atoms with Crippen LogP contribution in [0.3, 0.4) is 0 Å². The summed E-state index contributed by atoms with van der Waals surface area (Å²) in [6.07, 6.45) is 1.59. The number of benzene rings is 1. The predicted octanol–water partition coefficient (Wildman–Crippen LogP) is 2.75. The Labute approximate surface area is 157 Å². The Morgan fingerprint density at radius 1 is 1.23 bits per heavy atom. The van der Waals surface area contributed by atoms with Gasteiger partial charge in [0.1, 0.15) is 5.69 Å². The first-order chi connectivity index (χ1) is 12.4. The van der Waals surface area contributed by atoms with E-state index in [1.807, 2.05) is 14.1 Å². The molecule has 0 aliphatic rings. The Morgan fingerprint density at radius 2 is 2.00 bits per heavy atom. The number of amides is 1. The third-order valence-electron chi connectivity index (χ3n) is 3.52. The lowest BCUT2D eigenvalue weighted by molar-refractivity contribution is 0.0600. The van der Waals surface area contributed by atoms with Crippen LogP contribution < -0.4 is 10.6 Å². The molecule has 0 unspecified atom stereocenters. The molecule has 0 aliphatic heterocycles. The van der Waals surface area contributed by atoms with Crippen molar-refractivity contribution >= 4 is 34.9 Å². The van der Waals surface area contributed by atoms with Crippen LogP contribution in [-0.4, -0.2) is 56.1 Å². The lowest BCUT2D eigenvalue weighted by Crippen LogP contribution is -2.21. The van der Waals surface area contributed by atoms with Gasteiger partial charge in [0.25, 0.3) is 5.91 Å². The van der Waals surface area contributed by atoms with Crippen molar-refractivity contribution in [3.05, 3.63) is 52.8 Å². The summed E-state index contributed by atoms with van der Waals surface area (Å²) in [5.41, 5.74) is 1.67. The smallest absolute Gasteiger partial charge is 0.337 e. The van der Waals surface area contributed by atoms with Gasteiger partial charge in [-0.1, -0.05) is 11.6 Å². The second-order valence-electron chi connectivity index (χ2n) is 5.80. The van der Waals surface area contributed by atoms with Crippen molar-refractivity contribution < 1.29 is 14.3 Å². The third kappa shape index (κ3) is 5.44. The minimum absolute atomic E-state index is 0.239. The van der Waals surface area contributed by atoms with E-state index in [0.29, 0.717) is 16.3 Å². The second-order valence-corrected chi connectivity index (χ2v) is 6.21. The van der Waals surface area contributed by atoms with Gasteiger partial charge in [0.15, 0.2) is 0 Å². The number of hydrogen-bond donors (Lipinski definition) is 2. The molecular weight excluding hydrogens is 356 g/mol. The fourth-order valence-corrected chi connectivity index (χ4v) is 2.27. The van der Waals surface area contributed by atoms with Crippen molar-refractivity contribution in [3.63, 3.8) is 0 Å². The zero-order valence-corrected chi connectivity index (χ0v) is 15.6. The number of pyridine rings is 1. The van der Waals surface area contributed by atoms with Crippen LogP contribution >= 0.6 is 11.6 Å². The molecule has 1 heterocycles. The Hall–Kier alpha value is -2.64.